The molecular formula is C7H19N2O4P. The minimum absolute atomic E-state index is 0.324. The molecule has 6 nitrogen and oxygen atoms in total. The van der Waals surface area contributed by atoms with E-state index >= 15 is 0 Å². The van der Waals surface area contributed by atoms with Crippen molar-refractivity contribution in [1.29, 1.82) is 0 Å². The summed E-state index contributed by atoms with van der Waals surface area (Å²) in [6.07, 6.45) is -0.157. The first kappa shape index (κ1) is 14.0. The molecule has 86 valence electrons. The van der Waals surface area contributed by atoms with Gasteiger partial charge in [0.15, 0.2) is 0 Å². The van der Waals surface area contributed by atoms with Crippen molar-refractivity contribution in [3.63, 3.8) is 0 Å². The Morgan fingerprint density at radius 3 is 2.36 bits per heavy atom. The molecule has 0 radical (unpaired) electrons. The monoisotopic (exact) mass is 226 g/mol. The van der Waals surface area contributed by atoms with Gasteiger partial charge in [-0.25, -0.2) is 0 Å². The van der Waals surface area contributed by atoms with E-state index < -0.39 is 13.9 Å². The van der Waals surface area contributed by atoms with E-state index in [0.29, 0.717) is 24.0 Å². The average Bonchev–Trinajstić information content (AvgIpc) is 1.78. The molecule has 3 N–H and O–H groups in total. The molecular weight excluding hydrogens is 207 g/mol. The molecule has 7 heteroatoms. The van der Waals surface area contributed by atoms with E-state index in [-0.39, 0.29) is 0 Å². The van der Waals surface area contributed by atoms with Gasteiger partial charge in [0.05, 0.1) is 21.1 Å². The SMILES string of the molecule is C[N+](C)(C)CC(CCN)OP(=O)([O-])O. The molecule has 2 atom stereocenters. The Bertz CT molecular complexity index is 210. The number of phosphoric ester groups is 1. The molecule has 0 fully saturated rings. The molecule has 14 heavy (non-hydrogen) atoms. The number of nitrogens with zero attached hydrogens (tertiary/aromatic N) is 1. The zero-order valence-electron chi connectivity index (χ0n) is 8.84. The second-order valence-electron chi connectivity index (χ2n) is 4.25. The van der Waals surface area contributed by atoms with Gasteiger partial charge in [-0.15, -0.1) is 0 Å². The average molecular weight is 226 g/mol. The van der Waals surface area contributed by atoms with Crippen LogP contribution in [0.25, 0.3) is 0 Å². The van der Waals surface area contributed by atoms with E-state index in [1.165, 1.54) is 0 Å². The molecule has 0 aromatic carbocycles. The van der Waals surface area contributed by atoms with E-state index in [4.69, 9.17) is 10.6 Å². The molecule has 0 rings (SSSR count). The Kier molecular flexibility index (Phi) is 5.22. The van der Waals surface area contributed by atoms with Gasteiger partial charge in [-0.2, -0.15) is 0 Å². The van der Waals surface area contributed by atoms with Crippen LogP contribution in [0.5, 0.6) is 0 Å². The highest BCUT2D eigenvalue weighted by Gasteiger charge is 2.21. The van der Waals surface area contributed by atoms with Crippen LogP contribution < -0.4 is 10.6 Å². The Balaban J connectivity index is 4.23. The molecule has 0 aromatic heterocycles. The van der Waals surface area contributed by atoms with Gasteiger partial charge >= 0.3 is 0 Å². The van der Waals surface area contributed by atoms with E-state index in [9.17, 15) is 9.46 Å². The fraction of sp³-hybridized carbons (Fsp3) is 1.00. The predicted molar refractivity (Wildman–Crippen MR) is 51.3 cm³/mol. The minimum Gasteiger partial charge on any atom is -0.756 e. The summed E-state index contributed by atoms with van der Waals surface area (Å²) in [5, 5.41) is 0. The molecule has 0 saturated heterocycles. The van der Waals surface area contributed by atoms with Crippen LogP contribution in [0.15, 0.2) is 0 Å². The third kappa shape index (κ3) is 8.62. The molecule has 0 aliphatic heterocycles. The molecule has 2 unspecified atom stereocenters. The fourth-order valence-electron chi connectivity index (χ4n) is 1.16. The molecule has 0 bridgehead atoms. The summed E-state index contributed by atoms with van der Waals surface area (Å²) >= 11 is 0. The maximum atomic E-state index is 10.5. The zero-order chi connectivity index (χ0) is 11.4. The summed E-state index contributed by atoms with van der Waals surface area (Å²) in [6.45, 7) is 0.800. The highest BCUT2D eigenvalue weighted by atomic mass is 31.2. The lowest BCUT2D eigenvalue weighted by molar-refractivity contribution is -0.873. The molecule has 0 aliphatic carbocycles. The van der Waals surface area contributed by atoms with Gasteiger partial charge in [0.1, 0.15) is 12.6 Å². The summed E-state index contributed by atoms with van der Waals surface area (Å²) < 4.78 is 15.6. The van der Waals surface area contributed by atoms with E-state index in [2.05, 4.69) is 4.52 Å². The smallest absolute Gasteiger partial charge is 0.265 e. The summed E-state index contributed by atoms with van der Waals surface area (Å²) in [7, 11) is 1.06. The Morgan fingerprint density at radius 1 is 1.57 bits per heavy atom. The van der Waals surface area contributed by atoms with Gasteiger partial charge in [-0.05, 0) is 13.0 Å². The summed E-state index contributed by atoms with van der Waals surface area (Å²) in [6, 6.07) is 0. The van der Waals surface area contributed by atoms with Gasteiger partial charge in [0.2, 0.25) is 0 Å². The van der Waals surface area contributed by atoms with Crippen LogP contribution >= 0.6 is 7.82 Å². The molecule has 0 amide bonds. The second kappa shape index (κ2) is 5.21. The number of likely N-dealkylation sites (N-methyl/N-ethyl adjacent to an activating group) is 1. The summed E-state index contributed by atoms with van der Waals surface area (Å²) in [5.41, 5.74) is 5.31. The van der Waals surface area contributed by atoms with Crippen LogP contribution in [0, 0.1) is 0 Å². The normalized spacial score (nSPS) is 19.0. The van der Waals surface area contributed by atoms with Crippen molar-refractivity contribution in [2.45, 2.75) is 12.5 Å². The maximum Gasteiger partial charge on any atom is 0.265 e. The molecule has 0 saturated carbocycles. The van der Waals surface area contributed by atoms with Crippen LogP contribution in [-0.2, 0) is 9.09 Å². The van der Waals surface area contributed by atoms with E-state index in [1.54, 1.807) is 0 Å². The van der Waals surface area contributed by atoms with Crippen LogP contribution in [0.4, 0.5) is 0 Å². The number of phosphoric acid groups is 1. The van der Waals surface area contributed by atoms with Crippen LogP contribution in [0.3, 0.4) is 0 Å². The second-order valence-corrected chi connectivity index (χ2v) is 5.39. The van der Waals surface area contributed by atoms with Crippen molar-refractivity contribution in [2.75, 3.05) is 34.2 Å². The minimum atomic E-state index is -4.65. The Labute approximate surface area is 84.5 Å². The maximum absolute atomic E-state index is 10.5. The highest BCUT2D eigenvalue weighted by molar-refractivity contribution is 7.44. The molecule has 0 heterocycles. The van der Waals surface area contributed by atoms with Crippen molar-refractivity contribution < 1.29 is 23.4 Å². The lowest BCUT2D eigenvalue weighted by Gasteiger charge is -2.31. The number of hydrogen-bond donors (Lipinski definition) is 2. The predicted octanol–water partition coefficient (Wildman–Crippen LogP) is -1.11. The Morgan fingerprint density at radius 2 is 2.07 bits per heavy atom. The lowest BCUT2D eigenvalue weighted by atomic mass is 10.2. The van der Waals surface area contributed by atoms with Crippen molar-refractivity contribution in [1.82, 2.24) is 0 Å². The van der Waals surface area contributed by atoms with Gasteiger partial charge in [-0.3, -0.25) is 4.57 Å². The highest BCUT2D eigenvalue weighted by Crippen LogP contribution is 2.33. The Hall–Kier alpha value is 0.0300. The topological polar surface area (TPSA) is 95.6 Å². The van der Waals surface area contributed by atoms with Crippen molar-refractivity contribution >= 4 is 7.82 Å². The summed E-state index contributed by atoms with van der Waals surface area (Å²) in [4.78, 5) is 19.1. The number of rotatable bonds is 6. The van der Waals surface area contributed by atoms with Crippen LogP contribution in [0.1, 0.15) is 6.42 Å². The van der Waals surface area contributed by atoms with Gasteiger partial charge in [0.25, 0.3) is 7.82 Å². The number of quaternary nitrogens is 1. The van der Waals surface area contributed by atoms with Crippen molar-refractivity contribution in [3.05, 3.63) is 0 Å². The van der Waals surface area contributed by atoms with Crippen LogP contribution in [0.2, 0.25) is 0 Å². The third-order valence-electron chi connectivity index (χ3n) is 1.52. The largest absolute Gasteiger partial charge is 0.756 e. The van der Waals surface area contributed by atoms with Crippen LogP contribution in [-0.4, -0.2) is 49.7 Å². The third-order valence-corrected chi connectivity index (χ3v) is 2.09. The van der Waals surface area contributed by atoms with Gasteiger partial charge in [-0.1, -0.05) is 0 Å². The first-order chi connectivity index (χ1) is 6.14. The number of hydrogen-bond acceptors (Lipinski definition) is 4. The number of nitrogens with two attached hydrogens (primary N) is 1. The zero-order valence-corrected chi connectivity index (χ0v) is 9.74. The quantitative estimate of drug-likeness (QED) is 0.442. The first-order valence-electron chi connectivity index (χ1n) is 4.37. The van der Waals surface area contributed by atoms with Gasteiger partial charge in [0, 0.05) is 0 Å². The van der Waals surface area contributed by atoms with E-state index in [0.717, 1.165) is 0 Å². The fourth-order valence-corrected chi connectivity index (χ4v) is 1.71. The summed E-state index contributed by atoms with van der Waals surface area (Å²) in [5.74, 6) is 0. The van der Waals surface area contributed by atoms with Crippen molar-refractivity contribution in [2.24, 2.45) is 5.73 Å². The van der Waals surface area contributed by atoms with E-state index in [1.807, 2.05) is 21.1 Å². The van der Waals surface area contributed by atoms with Gasteiger partial charge < -0.3 is 24.5 Å². The lowest BCUT2D eigenvalue weighted by Crippen LogP contribution is -2.43. The van der Waals surface area contributed by atoms with Crippen molar-refractivity contribution in [3.8, 4) is 0 Å². The first-order valence-corrected chi connectivity index (χ1v) is 5.86. The molecule has 0 aliphatic rings. The standard InChI is InChI=1S/C7H19N2O4P/c1-9(2,3)6-7(4-5-8)13-14(10,11)12/h7H,4-6,8H2,1-3H3,(H-,10,11,12). The molecule has 0 aromatic rings. The molecule has 0 spiro atoms.